The summed E-state index contributed by atoms with van der Waals surface area (Å²) in [7, 11) is 0. The summed E-state index contributed by atoms with van der Waals surface area (Å²) in [5, 5.41) is 6.78. The second kappa shape index (κ2) is 8.39. The third-order valence-corrected chi connectivity index (χ3v) is 4.30. The standard InChI is InChI=1S/C21H19N3O5/c1-12-3-6-15(9-13(12)2)22-18(25)11-29-16-7-4-14(5-8-16)10-17-19(26)23-21(28)24-20(17)27/h3-10H,11H2,1-2H3,(H,22,25)(H2,23,24,26,27,28). The first kappa shape index (κ1) is 19.8. The number of rotatable bonds is 5. The van der Waals surface area contributed by atoms with Gasteiger partial charge in [-0.3, -0.25) is 25.0 Å². The molecule has 5 amide bonds. The molecule has 0 spiro atoms. The van der Waals surface area contributed by atoms with Gasteiger partial charge in [0, 0.05) is 5.69 Å². The van der Waals surface area contributed by atoms with Gasteiger partial charge in [0.15, 0.2) is 6.61 Å². The van der Waals surface area contributed by atoms with Gasteiger partial charge < -0.3 is 10.1 Å². The van der Waals surface area contributed by atoms with Crippen molar-refractivity contribution in [2.45, 2.75) is 13.8 Å². The summed E-state index contributed by atoms with van der Waals surface area (Å²) in [5.41, 5.74) is 3.31. The van der Waals surface area contributed by atoms with Gasteiger partial charge in [-0.1, -0.05) is 18.2 Å². The monoisotopic (exact) mass is 393 g/mol. The van der Waals surface area contributed by atoms with Crippen molar-refractivity contribution in [2.75, 3.05) is 11.9 Å². The maximum Gasteiger partial charge on any atom is 0.328 e. The summed E-state index contributed by atoms with van der Waals surface area (Å²) >= 11 is 0. The number of imide groups is 2. The molecular formula is C21H19N3O5. The van der Waals surface area contributed by atoms with Crippen LogP contribution in [-0.2, 0) is 14.4 Å². The highest BCUT2D eigenvalue weighted by atomic mass is 16.5. The molecule has 0 saturated carbocycles. The molecule has 0 bridgehead atoms. The average Bonchev–Trinajstić information content (AvgIpc) is 2.67. The topological polar surface area (TPSA) is 114 Å². The summed E-state index contributed by atoms with van der Waals surface area (Å²) in [5.74, 6) is -1.36. The van der Waals surface area contributed by atoms with Crippen LogP contribution in [0.3, 0.4) is 0 Å². The molecule has 3 rings (SSSR count). The number of anilines is 1. The Kier molecular flexibility index (Phi) is 5.73. The Morgan fingerprint density at radius 2 is 1.62 bits per heavy atom. The minimum Gasteiger partial charge on any atom is -0.484 e. The molecule has 3 N–H and O–H groups in total. The molecule has 0 atom stereocenters. The van der Waals surface area contributed by atoms with Gasteiger partial charge in [-0.05, 0) is 60.9 Å². The second-order valence-electron chi connectivity index (χ2n) is 6.50. The average molecular weight is 393 g/mol. The Balaban J connectivity index is 1.57. The zero-order valence-electron chi connectivity index (χ0n) is 15.9. The molecule has 0 aliphatic carbocycles. The van der Waals surface area contributed by atoms with Gasteiger partial charge in [-0.15, -0.1) is 0 Å². The van der Waals surface area contributed by atoms with E-state index >= 15 is 0 Å². The van der Waals surface area contributed by atoms with Crippen LogP contribution >= 0.6 is 0 Å². The largest absolute Gasteiger partial charge is 0.484 e. The molecule has 0 radical (unpaired) electrons. The molecule has 1 fully saturated rings. The normalized spacial score (nSPS) is 13.4. The van der Waals surface area contributed by atoms with Crippen molar-refractivity contribution in [3.05, 3.63) is 64.7 Å². The van der Waals surface area contributed by atoms with E-state index in [4.69, 9.17) is 4.74 Å². The van der Waals surface area contributed by atoms with E-state index < -0.39 is 17.8 Å². The summed E-state index contributed by atoms with van der Waals surface area (Å²) in [6.07, 6.45) is 1.35. The smallest absolute Gasteiger partial charge is 0.328 e. The molecule has 0 unspecified atom stereocenters. The minimum atomic E-state index is -0.847. The number of hydrogen-bond donors (Lipinski definition) is 3. The lowest BCUT2D eigenvalue weighted by Crippen LogP contribution is -2.51. The highest BCUT2D eigenvalue weighted by molar-refractivity contribution is 6.31. The Hall–Kier alpha value is -3.94. The van der Waals surface area contributed by atoms with E-state index in [1.807, 2.05) is 42.7 Å². The Bertz CT molecular complexity index is 1000. The van der Waals surface area contributed by atoms with Gasteiger partial charge in [0.1, 0.15) is 11.3 Å². The number of amides is 5. The van der Waals surface area contributed by atoms with E-state index in [9.17, 15) is 19.2 Å². The number of barbiturate groups is 1. The first-order chi connectivity index (χ1) is 13.8. The van der Waals surface area contributed by atoms with Gasteiger partial charge in [-0.25, -0.2) is 4.79 Å². The van der Waals surface area contributed by atoms with Gasteiger partial charge in [0.25, 0.3) is 17.7 Å². The fourth-order valence-corrected chi connectivity index (χ4v) is 2.60. The molecule has 8 heteroatoms. The quantitative estimate of drug-likeness (QED) is 0.532. The van der Waals surface area contributed by atoms with Crippen LogP contribution in [0.5, 0.6) is 5.75 Å². The van der Waals surface area contributed by atoms with E-state index in [0.29, 0.717) is 17.0 Å². The number of urea groups is 1. The Morgan fingerprint density at radius 1 is 0.966 bits per heavy atom. The summed E-state index contributed by atoms with van der Waals surface area (Å²) in [4.78, 5) is 46.6. The van der Waals surface area contributed by atoms with Crippen LogP contribution < -0.4 is 20.7 Å². The molecule has 29 heavy (non-hydrogen) atoms. The molecule has 0 aromatic heterocycles. The lowest BCUT2D eigenvalue weighted by Gasteiger charge is -2.14. The van der Waals surface area contributed by atoms with Crippen molar-refractivity contribution in [1.29, 1.82) is 0 Å². The molecule has 148 valence electrons. The maximum absolute atomic E-state index is 12.0. The van der Waals surface area contributed by atoms with Crippen molar-refractivity contribution in [2.24, 2.45) is 0 Å². The van der Waals surface area contributed by atoms with Crippen LogP contribution in [0.15, 0.2) is 48.0 Å². The Morgan fingerprint density at radius 3 is 2.24 bits per heavy atom. The van der Waals surface area contributed by atoms with Crippen molar-refractivity contribution in [3.63, 3.8) is 0 Å². The van der Waals surface area contributed by atoms with Crippen LogP contribution in [-0.4, -0.2) is 30.4 Å². The summed E-state index contributed by atoms with van der Waals surface area (Å²) in [6, 6.07) is 11.3. The zero-order chi connectivity index (χ0) is 21.0. The fraction of sp³-hybridized carbons (Fsp3) is 0.143. The SMILES string of the molecule is Cc1ccc(NC(=O)COc2ccc(C=C3C(=O)NC(=O)NC3=O)cc2)cc1C. The fourth-order valence-electron chi connectivity index (χ4n) is 2.60. The molecule has 8 nitrogen and oxygen atoms in total. The molecule has 1 aliphatic rings. The number of aryl methyl sites for hydroxylation is 2. The number of carbonyl (C=O) groups excluding carboxylic acids is 4. The van der Waals surface area contributed by atoms with Crippen LogP contribution in [0.1, 0.15) is 16.7 Å². The second-order valence-corrected chi connectivity index (χ2v) is 6.50. The van der Waals surface area contributed by atoms with Crippen molar-refractivity contribution < 1.29 is 23.9 Å². The number of ether oxygens (including phenoxy) is 1. The molecule has 1 aliphatic heterocycles. The Labute approximate surface area is 166 Å². The van der Waals surface area contributed by atoms with E-state index in [1.54, 1.807) is 24.3 Å². The third-order valence-electron chi connectivity index (χ3n) is 4.30. The summed E-state index contributed by atoms with van der Waals surface area (Å²) in [6.45, 7) is 3.80. The van der Waals surface area contributed by atoms with Crippen molar-refractivity contribution >= 4 is 35.5 Å². The van der Waals surface area contributed by atoms with Crippen LogP contribution in [0.4, 0.5) is 10.5 Å². The lowest BCUT2D eigenvalue weighted by molar-refractivity contribution is -0.124. The zero-order valence-corrected chi connectivity index (χ0v) is 15.9. The number of benzene rings is 2. The van der Waals surface area contributed by atoms with Gasteiger partial charge in [0.2, 0.25) is 0 Å². The van der Waals surface area contributed by atoms with Crippen molar-refractivity contribution in [3.8, 4) is 5.75 Å². The molecule has 1 saturated heterocycles. The van der Waals surface area contributed by atoms with Crippen molar-refractivity contribution in [1.82, 2.24) is 10.6 Å². The number of carbonyl (C=O) groups is 4. The molecular weight excluding hydrogens is 374 g/mol. The van der Waals surface area contributed by atoms with Gasteiger partial charge in [0.05, 0.1) is 0 Å². The maximum atomic E-state index is 12.0. The predicted molar refractivity (Wildman–Crippen MR) is 106 cm³/mol. The first-order valence-corrected chi connectivity index (χ1v) is 8.80. The van der Waals surface area contributed by atoms with Gasteiger partial charge in [-0.2, -0.15) is 0 Å². The summed E-state index contributed by atoms with van der Waals surface area (Å²) < 4.78 is 5.46. The van der Waals surface area contributed by atoms with Crippen LogP contribution in [0, 0.1) is 13.8 Å². The molecule has 1 heterocycles. The minimum absolute atomic E-state index is 0.166. The van der Waals surface area contributed by atoms with E-state index in [1.165, 1.54) is 6.08 Å². The van der Waals surface area contributed by atoms with E-state index in [-0.39, 0.29) is 18.1 Å². The molecule has 2 aromatic rings. The predicted octanol–water partition coefficient (Wildman–Crippen LogP) is 2.07. The third kappa shape index (κ3) is 5.07. The first-order valence-electron chi connectivity index (χ1n) is 8.80. The molecule has 2 aromatic carbocycles. The van der Waals surface area contributed by atoms with Crippen LogP contribution in [0.2, 0.25) is 0 Å². The highest BCUT2D eigenvalue weighted by Gasteiger charge is 2.27. The van der Waals surface area contributed by atoms with Gasteiger partial charge >= 0.3 is 6.03 Å². The lowest BCUT2D eigenvalue weighted by atomic mass is 10.1. The van der Waals surface area contributed by atoms with E-state index in [0.717, 1.165) is 11.1 Å². The van der Waals surface area contributed by atoms with Crippen LogP contribution in [0.25, 0.3) is 6.08 Å². The number of nitrogens with one attached hydrogen (secondary N) is 3. The van der Waals surface area contributed by atoms with E-state index in [2.05, 4.69) is 5.32 Å². The number of hydrogen-bond acceptors (Lipinski definition) is 5. The highest BCUT2D eigenvalue weighted by Crippen LogP contribution is 2.17.